The van der Waals surface area contributed by atoms with Crippen LogP contribution in [0.15, 0.2) is 22.7 Å². The molecule has 0 aliphatic rings. The van der Waals surface area contributed by atoms with Crippen LogP contribution in [0, 0.1) is 5.92 Å². The number of nitrogens with one attached hydrogen (secondary N) is 1. The maximum Gasteiger partial charge on any atom is 0.400 e. The molecule has 0 saturated carbocycles. The van der Waals surface area contributed by atoms with E-state index in [4.69, 9.17) is 9.79 Å². The van der Waals surface area contributed by atoms with Gasteiger partial charge >= 0.3 is 13.3 Å². The maximum absolute atomic E-state index is 14.0. The van der Waals surface area contributed by atoms with Gasteiger partial charge in [-0.25, -0.2) is 0 Å². The number of carbonyl (C=O) groups excluding carboxylic acids is 1. The average Bonchev–Trinajstić information content (AvgIpc) is 2.81. The molecule has 0 unspecified atom stereocenters. The van der Waals surface area contributed by atoms with Gasteiger partial charge in [-0.15, -0.1) is 11.3 Å². The Morgan fingerprint density at radius 2 is 2.04 bits per heavy atom. The van der Waals surface area contributed by atoms with Gasteiger partial charge in [-0.05, 0) is 40.0 Å². The largest absolute Gasteiger partial charge is 0.400 e. The Balaban J connectivity index is 2.46. The smallest absolute Gasteiger partial charge is 0.352 e. The lowest BCUT2D eigenvalue weighted by Gasteiger charge is -2.16. The molecule has 1 heterocycles. The third-order valence-electron chi connectivity index (χ3n) is 3.20. The lowest BCUT2D eigenvalue weighted by Crippen LogP contribution is -2.27. The second-order valence-corrected chi connectivity index (χ2v) is 9.14. The summed E-state index contributed by atoms with van der Waals surface area (Å²) in [6.07, 6.45) is 0. The van der Waals surface area contributed by atoms with Gasteiger partial charge in [-0.3, -0.25) is 9.36 Å². The number of carbonyl (C=O) groups is 1. The highest BCUT2D eigenvalue weighted by Gasteiger charge is 2.53. The predicted octanol–water partition coefficient (Wildman–Crippen LogP) is 4.28. The normalized spacial score (nSPS) is 12.8. The van der Waals surface area contributed by atoms with Crippen LogP contribution in [0.3, 0.4) is 0 Å². The molecule has 0 bridgehead atoms. The van der Waals surface area contributed by atoms with Crippen molar-refractivity contribution in [2.24, 2.45) is 5.92 Å². The molecule has 5 nitrogen and oxygen atoms in total. The van der Waals surface area contributed by atoms with Crippen molar-refractivity contribution >= 4 is 50.9 Å². The highest BCUT2D eigenvalue weighted by atomic mass is 79.9. The summed E-state index contributed by atoms with van der Waals surface area (Å²) in [6.45, 7) is 4.36. The molecule has 0 saturated heterocycles. The molecule has 3 N–H and O–H groups in total. The second-order valence-electron chi connectivity index (χ2n) is 5.65. The van der Waals surface area contributed by atoms with Crippen molar-refractivity contribution in [3.05, 3.63) is 33.1 Å². The summed E-state index contributed by atoms with van der Waals surface area (Å²) in [4.78, 5) is 29.1. The van der Waals surface area contributed by atoms with Crippen molar-refractivity contribution in [3.63, 3.8) is 0 Å². The van der Waals surface area contributed by atoms with Gasteiger partial charge in [0.05, 0.1) is 0 Å². The monoisotopic (exact) mass is 441 g/mol. The number of hydrogen-bond donors (Lipinski definition) is 3. The summed E-state index contributed by atoms with van der Waals surface area (Å²) in [5.74, 6) is -0.0777. The second kappa shape index (κ2) is 6.80. The van der Waals surface area contributed by atoms with Crippen molar-refractivity contribution in [1.82, 2.24) is 5.32 Å². The fourth-order valence-electron chi connectivity index (χ4n) is 1.93. The SMILES string of the molecule is CC(C)CNC(=O)c1ccc2sc(C(F)(F)P(=O)(O)O)c(Br)c2c1. The Kier molecular flexibility index (Phi) is 5.52. The molecule has 0 fully saturated rings. The minimum atomic E-state index is -5.66. The van der Waals surface area contributed by atoms with Gasteiger partial charge in [0.15, 0.2) is 0 Å². The van der Waals surface area contributed by atoms with Crippen molar-refractivity contribution in [3.8, 4) is 0 Å². The van der Waals surface area contributed by atoms with E-state index < -0.39 is 18.1 Å². The first kappa shape index (κ1) is 19.5. The lowest BCUT2D eigenvalue weighted by atomic mass is 10.1. The quantitative estimate of drug-likeness (QED) is 0.604. The molecular weight excluding hydrogens is 427 g/mol. The number of amides is 1. The highest BCUT2D eigenvalue weighted by Crippen LogP contribution is 2.62. The van der Waals surface area contributed by atoms with Gasteiger partial charge in [0.2, 0.25) is 0 Å². The Bertz CT molecular complexity index is 834. The number of thiophene rings is 1. The molecule has 2 aromatic rings. The molecule has 1 aromatic heterocycles. The van der Waals surface area contributed by atoms with E-state index in [9.17, 15) is 18.1 Å². The molecular formula is C14H15BrF2NO4PS. The summed E-state index contributed by atoms with van der Waals surface area (Å²) in [6, 6.07) is 4.39. The van der Waals surface area contributed by atoms with Crippen LogP contribution in [-0.4, -0.2) is 22.2 Å². The number of halogens is 3. The van der Waals surface area contributed by atoms with Crippen LogP contribution in [0.1, 0.15) is 29.1 Å². The number of hydrogen-bond acceptors (Lipinski definition) is 3. The van der Waals surface area contributed by atoms with Crippen molar-refractivity contribution in [2.45, 2.75) is 19.5 Å². The number of alkyl halides is 2. The fraction of sp³-hybridized carbons (Fsp3) is 0.357. The van der Waals surface area contributed by atoms with Gasteiger partial charge in [0, 0.05) is 26.7 Å². The standard InChI is InChI=1S/C14H15BrF2NO4PS/c1-7(2)6-18-13(19)8-3-4-10-9(5-8)11(15)12(24-10)14(16,17)23(20,21)22/h3-5,7H,6H2,1-2H3,(H,18,19)(H2,20,21,22). The van der Waals surface area contributed by atoms with E-state index in [-0.39, 0.29) is 21.9 Å². The Morgan fingerprint density at radius 3 is 2.58 bits per heavy atom. The molecule has 0 spiro atoms. The van der Waals surface area contributed by atoms with E-state index in [2.05, 4.69) is 21.2 Å². The van der Waals surface area contributed by atoms with E-state index in [1.54, 1.807) is 0 Å². The number of rotatable bonds is 5. The van der Waals surface area contributed by atoms with Gasteiger partial charge in [0.25, 0.3) is 5.91 Å². The van der Waals surface area contributed by atoms with Gasteiger partial charge in [-0.1, -0.05) is 13.8 Å². The number of fused-ring (bicyclic) bond motifs is 1. The van der Waals surface area contributed by atoms with Crippen LogP contribution >= 0.6 is 34.9 Å². The van der Waals surface area contributed by atoms with Crippen molar-refractivity contribution < 1.29 is 27.9 Å². The third kappa shape index (κ3) is 3.70. The predicted molar refractivity (Wildman–Crippen MR) is 92.6 cm³/mol. The molecule has 2 rings (SSSR count). The summed E-state index contributed by atoms with van der Waals surface area (Å²) in [5, 5.41) is 3.03. The first-order valence-corrected chi connectivity index (χ1v) is 10.1. The van der Waals surface area contributed by atoms with E-state index >= 15 is 0 Å². The zero-order chi connectivity index (χ0) is 18.3. The van der Waals surface area contributed by atoms with Crippen molar-refractivity contribution in [2.75, 3.05) is 6.54 Å². The van der Waals surface area contributed by atoms with Crippen molar-refractivity contribution in [1.29, 1.82) is 0 Å². The molecule has 0 aliphatic carbocycles. The highest BCUT2D eigenvalue weighted by molar-refractivity contribution is 9.10. The number of benzene rings is 1. The summed E-state index contributed by atoms with van der Waals surface area (Å²) in [5.41, 5.74) is -4.01. The van der Waals surface area contributed by atoms with Crippen LogP contribution in [-0.2, 0) is 10.2 Å². The topological polar surface area (TPSA) is 86.6 Å². The van der Waals surface area contributed by atoms with Crippen LogP contribution in [0.2, 0.25) is 0 Å². The van der Waals surface area contributed by atoms with Crippen LogP contribution < -0.4 is 5.32 Å². The van der Waals surface area contributed by atoms with Gasteiger partial charge in [0.1, 0.15) is 4.88 Å². The Morgan fingerprint density at radius 1 is 1.42 bits per heavy atom. The minimum Gasteiger partial charge on any atom is -0.352 e. The molecule has 24 heavy (non-hydrogen) atoms. The Labute approximate surface area is 149 Å². The first-order chi connectivity index (χ1) is 10.9. The Hall–Kier alpha value is -0.860. The molecule has 1 aromatic carbocycles. The van der Waals surface area contributed by atoms with Crippen LogP contribution in [0.5, 0.6) is 0 Å². The summed E-state index contributed by atoms with van der Waals surface area (Å²) < 4.78 is 39.3. The molecule has 132 valence electrons. The molecule has 1 amide bonds. The minimum absolute atomic E-state index is 0.116. The maximum atomic E-state index is 14.0. The summed E-state index contributed by atoms with van der Waals surface area (Å²) in [7, 11) is -5.66. The van der Waals surface area contributed by atoms with E-state index in [1.807, 2.05) is 13.8 Å². The van der Waals surface area contributed by atoms with Crippen LogP contribution in [0.4, 0.5) is 8.78 Å². The molecule has 0 atom stereocenters. The molecule has 0 radical (unpaired) electrons. The average molecular weight is 442 g/mol. The molecule has 0 aliphatic heterocycles. The first-order valence-electron chi connectivity index (χ1n) is 6.89. The zero-order valence-corrected chi connectivity index (χ0v) is 16.0. The molecule has 10 heteroatoms. The van der Waals surface area contributed by atoms with E-state index in [0.29, 0.717) is 28.0 Å². The van der Waals surface area contributed by atoms with Crippen LogP contribution in [0.25, 0.3) is 10.1 Å². The third-order valence-corrected chi connectivity index (χ3v) is 6.63. The van der Waals surface area contributed by atoms with E-state index in [0.717, 1.165) is 0 Å². The summed E-state index contributed by atoms with van der Waals surface area (Å²) >= 11 is 3.56. The van der Waals surface area contributed by atoms with Gasteiger partial charge in [-0.2, -0.15) is 8.78 Å². The van der Waals surface area contributed by atoms with Gasteiger partial charge < -0.3 is 15.1 Å². The fourth-order valence-corrected chi connectivity index (χ4v) is 4.86. The van der Waals surface area contributed by atoms with E-state index in [1.165, 1.54) is 18.2 Å². The lowest BCUT2D eigenvalue weighted by molar-refractivity contribution is 0.0595. The zero-order valence-electron chi connectivity index (χ0n) is 12.7.